The number of thiocarbonyl (C=S) groups is 1. The van der Waals surface area contributed by atoms with Gasteiger partial charge in [0.1, 0.15) is 0 Å². The quantitative estimate of drug-likeness (QED) is 0.603. The Kier molecular flexibility index (Phi) is 5.09. The molecule has 4 nitrogen and oxygen atoms in total. The van der Waals surface area contributed by atoms with Gasteiger partial charge in [0, 0.05) is 5.69 Å². The van der Waals surface area contributed by atoms with Crippen LogP contribution < -0.4 is 16.2 Å². The number of nitrogens with one attached hydrogen (secondary N) is 3. The maximum absolute atomic E-state index is 11.7. The Morgan fingerprint density at radius 1 is 1.20 bits per heavy atom. The SMILES string of the molecule is CCc1ccccc1NC(=S)NNC(=O)c1cccs1. The Hall–Kier alpha value is -1.92. The van der Waals surface area contributed by atoms with Crippen LogP contribution in [-0.4, -0.2) is 11.0 Å². The van der Waals surface area contributed by atoms with Crippen molar-refractivity contribution < 1.29 is 4.79 Å². The molecule has 0 aliphatic heterocycles. The number of hydrogen-bond acceptors (Lipinski definition) is 3. The Labute approximate surface area is 127 Å². The predicted octanol–water partition coefficient (Wildman–Crippen LogP) is 2.94. The van der Waals surface area contributed by atoms with Gasteiger partial charge in [0.2, 0.25) is 0 Å². The third-order valence-electron chi connectivity index (χ3n) is 2.68. The van der Waals surface area contributed by atoms with E-state index in [1.807, 2.05) is 35.7 Å². The van der Waals surface area contributed by atoms with Crippen LogP contribution in [0.4, 0.5) is 5.69 Å². The highest BCUT2D eigenvalue weighted by atomic mass is 32.1. The van der Waals surface area contributed by atoms with Crippen LogP contribution in [0.2, 0.25) is 0 Å². The van der Waals surface area contributed by atoms with E-state index >= 15 is 0 Å². The van der Waals surface area contributed by atoms with Gasteiger partial charge in [-0.25, -0.2) is 0 Å². The lowest BCUT2D eigenvalue weighted by Crippen LogP contribution is -2.43. The van der Waals surface area contributed by atoms with Crippen LogP contribution in [-0.2, 0) is 6.42 Å². The van der Waals surface area contributed by atoms with Crippen molar-refractivity contribution in [3.63, 3.8) is 0 Å². The Bertz CT molecular complexity index is 596. The van der Waals surface area contributed by atoms with Crippen molar-refractivity contribution in [1.29, 1.82) is 0 Å². The molecule has 3 N–H and O–H groups in total. The molecule has 1 heterocycles. The van der Waals surface area contributed by atoms with E-state index < -0.39 is 0 Å². The number of hydrogen-bond donors (Lipinski definition) is 3. The summed E-state index contributed by atoms with van der Waals surface area (Å²) in [7, 11) is 0. The highest BCUT2D eigenvalue weighted by Gasteiger charge is 2.07. The van der Waals surface area contributed by atoms with E-state index in [-0.39, 0.29) is 5.91 Å². The maximum Gasteiger partial charge on any atom is 0.279 e. The van der Waals surface area contributed by atoms with Crippen LogP contribution in [0.1, 0.15) is 22.2 Å². The molecule has 0 atom stereocenters. The molecule has 0 saturated heterocycles. The summed E-state index contributed by atoms with van der Waals surface area (Å²) >= 11 is 6.53. The summed E-state index contributed by atoms with van der Waals surface area (Å²) in [4.78, 5) is 12.4. The zero-order valence-electron chi connectivity index (χ0n) is 11.0. The second-order valence-electron chi connectivity index (χ2n) is 4.02. The first-order valence-electron chi connectivity index (χ1n) is 6.19. The molecule has 1 amide bonds. The van der Waals surface area contributed by atoms with E-state index in [1.54, 1.807) is 6.07 Å². The standard InChI is InChI=1S/C14H15N3OS2/c1-2-10-6-3-4-7-11(10)15-14(19)17-16-13(18)12-8-5-9-20-12/h3-9H,2H2,1H3,(H,16,18)(H2,15,17,19). The second-order valence-corrected chi connectivity index (χ2v) is 5.38. The Morgan fingerprint density at radius 3 is 2.70 bits per heavy atom. The molecule has 0 spiro atoms. The molecule has 104 valence electrons. The number of benzene rings is 1. The van der Waals surface area contributed by atoms with E-state index in [2.05, 4.69) is 23.1 Å². The molecule has 2 rings (SSSR count). The number of thiophene rings is 1. The number of para-hydroxylation sites is 1. The summed E-state index contributed by atoms with van der Waals surface area (Å²) in [6, 6.07) is 11.5. The van der Waals surface area contributed by atoms with Gasteiger partial charge in [-0.15, -0.1) is 11.3 Å². The van der Waals surface area contributed by atoms with Crippen LogP contribution >= 0.6 is 23.6 Å². The number of carbonyl (C=O) groups excluding carboxylic acids is 1. The molecule has 6 heteroatoms. The molecular formula is C14H15N3OS2. The van der Waals surface area contributed by atoms with Gasteiger partial charge in [0.05, 0.1) is 4.88 Å². The molecule has 0 aliphatic carbocycles. The molecule has 1 aromatic carbocycles. The lowest BCUT2D eigenvalue weighted by Gasteiger charge is -2.13. The highest BCUT2D eigenvalue weighted by molar-refractivity contribution is 7.80. The van der Waals surface area contributed by atoms with Gasteiger partial charge in [0.25, 0.3) is 5.91 Å². The molecule has 0 radical (unpaired) electrons. The van der Waals surface area contributed by atoms with Crippen molar-refractivity contribution in [3.05, 3.63) is 52.2 Å². The van der Waals surface area contributed by atoms with E-state index in [4.69, 9.17) is 12.2 Å². The lowest BCUT2D eigenvalue weighted by molar-refractivity contribution is 0.0948. The number of carbonyl (C=O) groups is 1. The third-order valence-corrected chi connectivity index (χ3v) is 3.75. The second kappa shape index (κ2) is 7.02. The van der Waals surface area contributed by atoms with Crippen molar-refractivity contribution in [2.24, 2.45) is 0 Å². The van der Waals surface area contributed by atoms with E-state index in [0.717, 1.165) is 12.1 Å². The van der Waals surface area contributed by atoms with Crippen molar-refractivity contribution in [2.45, 2.75) is 13.3 Å². The summed E-state index contributed by atoms with van der Waals surface area (Å²) < 4.78 is 0. The van der Waals surface area contributed by atoms with Gasteiger partial charge >= 0.3 is 0 Å². The minimum absolute atomic E-state index is 0.201. The lowest BCUT2D eigenvalue weighted by atomic mass is 10.1. The fourth-order valence-electron chi connectivity index (χ4n) is 1.69. The summed E-state index contributed by atoms with van der Waals surface area (Å²) in [5.41, 5.74) is 7.37. The zero-order valence-corrected chi connectivity index (χ0v) is 12.6. The molecule has 0 unspecified atom stereocenters. The molecule has 0 saturated carbocycles. The average Bonchev–Trinajstić information content (AvgIpc) is 2.99. The van der Waals surface area contributed by atoms with E-state index in [0.29, 0.717) is 9.99 Å². The van der Waals surface area contributed by atoms with Gasteiger partial charge in [0.15, 0.2) is 5.11 Å². The topological polar surface area (TPSA) is 53.2 Å². The van der Waals surface area contributed by atoms with Crippen LogP contribution in [0.15, 0.2) is 41.8 Å². The minimum atomic E-state index is -0.201. The normalized spacial score (nSPS) is 9.85. The summed E-state index contributed by atoms with van der Waals surface area (Å²) in [5.74, 6) is -0.201. The highest BCUT2D eigenvalue weighted by Crippen LogP contribution is 2.15. The van der Waals surface area contributed by atoms with Crippen molar-refractivity contribution in [3.8, 4) is 0 Å². The number of amides is 1. The monoisotopic (exact) mass is 305 g/mol. The Morgan fingerprint density at radius 2 is 2.00 bits per heavy atom. The molecule has 0 bridgehead atoms. The minimum Gasteiger partial charge on any atom is -0.331 e. The molecular weight excluding hydrogens is 290 g/mol. The van der Waals surface area contributed by atoms with E-state index in [9.17, 15) is 4.79 Å². The number of rotatable bonds is 3. The molecule has 20 heavy (non-hydrogen) atoms. The van der Waals surface area contributed by atoms with Crippen LogP contribution in [0, 0.1) is 0 Å². The summed E-state index contributed by atoms with van der Waals surface area (Å²) in [6.45, 7) is 2.08. The van der Waals surface area contributed by atoms with Crippen LogP contribution in [0.5, 0.6) is 0 Å². The molecule has 0 aliphatic rings. The smallest absolute Gasteiger partial charge is 0.279 e. The fraction of sp³-hybridized carbons (Fsp3) is 0.143. The molecule has 1 aromatic heterocycles. The zero-order chi connectivity index (χ0) is 14.4. The van der Waals surface area contributed by atoms with Crippen molar-refractivity contribution >= 4 is 40.3 Å². The third kappa shape index (κ3) is 3.79. The summed E-state index contributed by atoms with van der Waals surface area (Å²) in [6.07, 6.45) is 0.910. The van der Waals surface area contributed by atoms with Crippen molar-refractivity contribution in [2.75, 3.05) is 5.32 Å². The predicted molar refractivity (Wildman–Crippen MR) is 87.0 cm³/mol. The number of aryl methyl sites for hydroxylation is 1. The number of anilines is 1. The van der Waals surface area contributed by atoms with Gasteiger partial charge in [-0.05, 0) is 41.7 Å². The average molecular weight is 305 g/mol. The Balaban J connectivity index is 1.88. The molecule has 2 aromatic rings. The van der Waals surface area contributed by atoms with E-state index in [1.165, 1.54) is 16.9 Å². The maximum atomic E-state index is 11.7. The van der Waals surface area contributed by atoms with Gasteiger partial charge in [-0.1, -0.05) is 31.2 Å². The van der Waals surface area contributed by atoms with Gasteiger partial charge in [-0.3, -0.25) is 15.6 Å². The first kappa shape index (κ1) is 14.5. The first-order chi connectivity index (χ1) is 9.70. The summed E-state index contributed by atoms with van der Waals surface area (Å²) in [5, 5.41) is 5.28. The fourth-order valence-corrected chi connectivity index (χ4v) is 2.47. The largest absolute Gasteiger partial charge is 0.331 e. The van der Waals surface area contributed by atoms with Crippen LogP contribution in [0.3, 0.4) is 0 Å². The van der Waals surface area contributed by atoms with Gasteiger partial charge in [-0.2, -0.15) is 0 Å². The van der Waals surface area contributed by atoms with Gasteiger partial charge < -0.3 is 5.32 Å². The van der Waals surface area contributed by atoms with Crippen LogP contribution in [0.25, 0.3) is 0 Å². The first-order valence-corrected chi connectivity index (χ1v) is 7.48. The van der Waals surface area contributed by atoms with Crippen molar-refractivity contribution in [1.82, 2.24) is 10.9 Å². The number of hydrazine groups is 1. The molecule has 0 fully saturated rings.